The Morgan fingerprint density at radius 2 is 0.881 bits per heavy atom. The van der Waals surface area contributed by atoms with Crippen LogP contribution in [0.15, 0.2) is 149 Å². The van der Waals surface area contributed by atoms with Gasteiger partial charge in [0.15, 0.2) is 0 Å². The molecule has 0 atom stereocenters. The number of allylic oxidation sites excluding steroid dienone is 2. The second-order valence-corrected chi connectivity index (χ2v) is 13.8. The van der Waals surface area contributed by atoms with Gasteiger partial charge in [0.2, 0.25) is 0 Å². The van der Waals surface area contributed by atoms with Crippen LogP contribution in [0.2, 0.25) is 10.0 Å². The number of benzene rings is 4. The van der Waals surface area contributed by atoms with Gasteiger partial charge in [-0.2, -0.15) is 0 Å². The summed E-state index contributed by atoms with van der Waals surface area (Å²) in [5.74, 6) is 0. The summed E-state index contributed by atoms with van der Waals surface area (Å²) in [6, 6.07) is 35.2. The van der Waals surface area contributed by atoms with Gasteiger partial charge in [-0.1, -0.05) is 0 Å². The first-order valence-electron chi connectivity index (χ1n) is 12.7. The van der Waals surface area contributed by atoms with Crippen LogP contribution in [0.3, 0.4) is 0 Å². The Hall–Kier alpha value is -3.74. The van der Waals surface area contributed by atoms with Gasteiger partial charge in [-0.15, -0.1) is 0 Å². The first-order chi connectivity index (χ1) is 20.6. The SMILES string of the molecule is Clc1ccc(C2=NC(=N\N=C/c3ccccc3)/[Se]/C2=C2\[Se]/C(=N/N=C\c3ccccc3)N=C2c2ccc(Cl)cc2)cc1. The van der Waals surface area contributed by atoms with E-state index in [2.05, 4.69) is 20.4 Å². The van der Waals surface area contributed by atoms with Crippen molar-refractivity contribution in [1.82, 2.24) is 0 Å². The molecule has 6 nitrogen and oxygen atoms in total. The maximum absolute atomic E-state index is 6.22. The molecular formula is C32H20Cl2N6Se2. The van der Waals surface area contributed by atoms with E-state index in [-0.39, 0.29) is 29.9 Å². The van der Waals surface area contributed by atoms with Crippen molar-refractivity contribution >= 4 is 86.4 Å². The van der Waals surface area contributed by atoms with Crippen molar-refractivity contribution in [3.8, 4) is 0 Å². The van der Waals surface area contributed by atoms with Crippen molar-refractivity contribution in [2.45, 2.75) is 0 Å². The van der Waals surface area contributed by atoms with Gasteiger partial charge in [-0.3, -0.25) is 0 Å². The first-order valence-corrected chi connectivity index (χ1v) is 16.9. The molecule has 0 unspecified atom stereocenters. The van der Waals surface area contributed by atoms with Crippen molar-refractivity contribution < 1.29 is 0 Å². The van der Waals surface area contributed by atoms with Crippen LogP contribution in [-0.4, -0.2) is 63.2 Å². The molecule has 42 heavy (non-hydrogen) atoms. The standard InChI is InChI=1S/C32H20Cl2N6Se2/c33-25-15-11-23(12-16-25)27-29(41-31(37-27)39-35-19-21-7-3-1-4-8-21)30-28(24-13-17-26(34)18-14-24)38-32(42-30)40-36-20-22-9-5-2-6-10-22/h1-20H/b30-29-,35-19-,36-20-,39-31+,40-32+. The van der Waals surface area contributed by atoms with Crippen molar-refractivity contribution in [3.05, 3.63) is 150 Å². The summed E-state index contributed by atoms with van der Waals surface area (Å²) >= 11 is 12.0. The van der Waals surface area contributed by atoms with Gasteiger partial charge in [-0.05, 0) is 0 Å². The van der Waals surface area contributed by atoms with Crippen LogP contribution in [0.25, 0.3) is 0 Å². The number of halogens is 2. The summed E-state index contributed by atoms with van der Waals surface area (Å²) in [6.45, 7) is 0. The van der Waals surface area contributed by atoms with E-state index in [9.17, 15) is 0 Å². The summed E-state index contributed by atoms with van der Waals surface area (Å²) in [5.41, 5.74) is 5.57. The molecule has 0 bridgehead atoms. The molecule has 10 heteroatoms. The second kappa shape index (κ2) is 13.5. The Bertz CT molecular complexity index is 1680. The molecule has 6 rings (SSSR count). The molecular weight excluding hydrogens is 697 g/mol. The summed E-state index contributed by atoms with van der Waals surface area (Å²) in [6.07, 6.45) is 3.47. The monoisotopic (exact) mass is 718 g/mol. The van der Waals surface area contributed by atoms with Crippen LogP contribution >= 0.6 is 23.2 Å². The van der Waals surface area contributed by atoms with E-state index in [1.807, 2.05) is 109 Å². The third kappa shape index (κ3) is 7.00. The van der Waals surface area contributed by atoms with E-state index in [4.69, 9.17) is 33.2 Å². The van der Waals surface area contributed by atoms with Crippen molar-refractivity contribution in [3.63, 3.8) is 0 Å². The second-order valence-electron chi connectivity index (χ2n) is 8.87. The summed E-state index contributed by atoms with van der Waals surface area (Å²) < 4.78 is 3.57. The molecule has 0 N–H and O–H groups in total. The summed E-state index contributed by atoms with van der Waals surface area (Å²) in [4.78, 5) is 9.92. The van der Waals surface area contributed by atoms with E-state index in [1.165, 1.54) is 0 Å². The number of rotatable bonds is 6. The van der Waals surface area contributed by atoms with Crippen LogP contribution in [-0.2, 0) is 0 Å². The van der Waals surface area contributed by atoms with Crippen molar-refractivity contribution in [1.29, 1.82) is 0 Å². The normalized spacial score (nSPS) is 18.9. The first kappa shape index (κ1) is 28.4. The number of aliphatic imine (C=N–C) groups is 2. The molecule has 0 saturated carbocycles. The zero-order chi connectivity index (χ0) is 28.7. The summed E-state index contributed by atoms with van der Waals surface area (Å²) in [7, 11) is 0. The minimum atomic E-state index is -0.212. The zero-order valence-electron chi connectivity index (χ0n) is 21.8. The van der Waals surface area contributed by atoms with E-state index in [0.29, 0.717) is 19.5 Å². The van der Waals surface area contributed by atoms with Crippen LogP contribution < -0.4 is 0 Å². The fourth-order valence-corrected chi connectivity index (χ4v) is 8.74. The number of nitrogens with zero attached hydrogens (tertiary/aromatic N) is 6. The Balaban J connectivity index is 1.41. The fourth-order valence-electron chi connectivity index (χ4n) is 3.99. The average molecular weight is 717 g/mol. The third-order valence-corrected chi connectivity index (χ3v) is 11.1. The van der Waals surface area contributed by atoms with Crippen LogP contribution in [0.5, 0.6) is 0 Å². The Kier molecular flexibility index (Phi) is 9.12. The van der Waals surface area contributed by atoms with Gasteiger partial charge in [0.25, 0.3) is 0 Å². The molecule has 0 aromatic heterocycles. The number of amidine groups is 2. The quantitative estimate of drug-likeness (QED) is 0.121. The molecule has 2 aliphatic rings. The predicted molar refractivity (Wildman–Crippen MR) is 177 cm³/mol. The van der Waals surface area contributed by atoms with Gasteiger partial charge in [0.1, 0.15) is 0 Å². The molecule has 4 aromatic carbocycles. The molecule has 2 heterocycles. The van der Waals surface area contributed by atoms with E-state index < -0.39 is 0 Å². The number of hydrogen-bond acceptors (Lipinski definition) is 4. The third-order valence-electron chi connectivity index (χ3n) is 5.97. The summed E-state index contributed by atoms with van der Waals surface area (Å²) in [5, 5.41) is 19.0. The predicted octanol–water partition coefficient (Wildman–Crippen LogP) is 6.70. The van der Waals surface area contributed by atoms with Crippen molar-refractivity contribution in [2.24, 2.45) is 30.4 Å². The molecule has 0 radical (unpaired) electrons. The molecule has 0 aliphatic carbocycles. The van der Waals surface area contributed by atoms with Gasteiger partial charge < -0.3 is 0 Å². The van der Waals surface area contributed by atoms with Crippen LogP contribution in [0.4, 0.5) is 0 Å². The molecule has 0 saturated heterocycles. The molecule has 204 valence electrons. The van der Waals surface area contributed by atoms with E-state index >= 15 is 0 Å². The topological polar surface area (TPSA) is 74.2 Å². The van der Waals surface area contributed by atoms with Gasteiger partial charge in [0, 0.05) is 0 Å². The van der Waals surface area contributed by atoms with E-state index in [1.54, 1.807) is 12.4 Å². The van der Waals surface area contributed by atoms with Gasteiger partial charge in [-0.25, -0.2) is 0 Å². The van der Waals surface area contributed by atoms with Gasteiger partial charge >= 0.3 is 267 Å². The molecule has 0 spiro atoms. The molecule has 0 amide bonds. The molecule has 2 aliphatic heterocycles. The van der Waals surface area contributed by atoms with Gasteiger partial charge in [0.05, 0.1) is 0 Å². The average Bonchev–Trinajstić information content (AvgIpc) is 3.64. The Morgan fingerprint density at radius 3 is 1.26 bits per heavy atom. The van der Waals surface area contributed by atoms with Crippen LogP contribution in [0.1, 0.15) is 22.3 Å². The number of hydrogen-bond donors (Lipinski definition) is 0. The fraction of sp³-hybridized carbons (Fsp3) is 0. The Labute approximate surface area is 265 Å². The molecule has 4 aromatic rings. The Morgan fingerprint density at radius 1 is 0.500 bits per heavy atom. The maximum atomic E-state index is 6.22. The minimum absolute atomic E-state index is 0.212. The molecule has 0 fully saturated rings. The zero-order valence-corrected chi connectivity index (χ0v) is 26.7. The van der Waals surface area contributed by atoms with Crippen molar-refractivity contribution in [2.75, 3.05) is 0 Å². The van der Waals surface area contributed by atoms with E-state index in [0.717, 1.165) is 42.6 Å². The van der Waals surface area contributed by atoms with Crippen LogP contribution in [0, 0.1) is 0 Å².